The van der Waals surface area contributed by atoms with Gasteiger partial charge in [0.05, 0.1) is 0 Å². The van der Waals surface area contributed by atoms with Gasteiger partial charge in [-0.1, -0.05) is 75.7 Å². The lowest BCUT2D eigenvalue weighted by Crippen LogP contribution is -2.16. The summed E-state index contributed by atoms with van der Waals surface area (Å²) in [5.74, 6) is 0.653. The predicted octanol–water partition coefficient (Wildman–Crippen LogP) is 5.35. The van der Waals surface area contributed by atoms with Crippen LogP contribution in [0, 0.1) is 0 Å². The highest BCUT2D eigenvalue weighted by Crippen LogP contribution is 2.36. The smallest absolute Gasteiger partial charge is 0.504 e. The van der Waals surface area contributed by atoms with Crippen molar-refractivity contribution < 1.29 is 9.68 Å². The fourth-order valence-electron chi connectivity index (χ4n) is 2.55. The first-order chi connectivity index (χ1) is 11.0. The number of hydrogen-bond donors (Lipinski definition) is 1. The molecule has 0 aliphatic rings. The highest BCUT2D eigenvalue weighted by molar-refractivity contribution is 9.10. The van der Waals surface area contributed by atoms with E-state index in [0.717, 1.165) is 15.6 Å². The molecule has 0 amide bonds. The second-order valence-electron chi connectivity index (χ2n) is 8.25. The van der Waals surface area contributed by atoms with Gasteiger partial charge in [-0.15, -0.1) is 0 Å². The zero-order valence-electron chi connectivity index (χ0n) is 15.4. The van der Waals surface area contributed by atoms with Gasteiger partial charge >= 0.3 is 7.69 Å². The Bertz CT molecular complexity index is 695. The third-order valence-corrected chi connectivity index (χ3v) is 4.56. The molecule has 2 aromatic rings. The Balaban J connectivity index is 2.65. The van der Waals surface area contributed by atoms with Crippen LogP contribution in [-0.2, 0) is 10.8 Å². The van der Waals surface area contributed by atoms with Crippen LogP contribution in [0.1, 0.15) is 52.7 Å². The van der Waals surface area contributed by atoms with Crippen LogP contribution < -0.4 is 4.65 Å². The van der Waals surface area contributed by atoms with Crippen LogP contribution in [-0.4, -0.2) is 12.7 Å². The van der Waals surface area contributed by atoms with Crippen molar-refractivity contribution in [1.82, 2.24) is 0 Å². The fourth-order valence-corrected chi connectivity index (χ4v) is 3.02. The molecule has 24 heavy (non-hydrogen) atoms. The molecule has 0 aromatic heterocycles. The van der Waals surface area contributed by atoms with Crippen LogP contribution in [0.2, 0.25) is 0 Å². The Labute approximate surface area is 154 Å². The Morgan fingerprint density at radius 1 is 0.792 bits per heavy atom. The van der Waals surface area contributed by atoms with E-state index in [1.807, 2.05) is 12.1 Å². The quantitative estimate of drug-likeness (QED) is 0.718. The van der Waals surface area contributed by atoms with Crippen molar-refractivity contribution in [3.8, 4) is 16.9 Å². The number of halogens is 1. The summed E-state index contributed by atoms with van der Waals surface area (Å²) in [5, 5.41) is 9.04. The summed E-state index contributed by atoms with van der Waals surface area (Å²) in [6.07, 6.45) is 0. The van der Waals surface area contributed by atoms with E-state index in [2.05, 4.69) is 81.7 Å². The minimum absolute atomic E-state index is 0.0758. The van der Waals surface area contributed by atoms with E-state index in [-0.39, 0.29) is 18.5 Å². The zero-order chi connectivity index (χ0) is 18.1. The lowest BCUT2D eigenvalue weighted by Gasteiger charge is -2.26. The highest BCUT2D eigenvalue weighted by Gasteiger charge is 2.21. The minimum Gasteiger partial charge on any atom is -0.539 e. The summed E-state index contributed by atoms with van der Waals surface area (Å²) in [5.41, 5.74) is 5.02. The van der Waals surface area contributed by atoms with Crippen LogP contribution in [0.5, 0.6) is 5.75 Å². The van der Waals surface area contributed by atoms with Crippen molar-refractivity contribution >= 4 is 23.6 Å². The molecular formula is C20H26BBrO2. The van der Waals surface area contributed by atoms with E-state index in [9.17, 15) is 0 Å². The number of benzene rings is 2. The first kappa shape index (κ1) is 19.1. The van der Waals surface area contributed by atoms with E-state index < -0.39 is 0 Å². The molecule has 0 aliphatic carbocycles. The Hall–Kier alpha value is -1.26. The SMILES string of the molecule is CC(C)(C)c1cc(-c2cc(Br)cc(OBO)c2)cc(C(C)(C)C)c1. The van der Waals surface area contributed by atoms with Crippen molar-refractivity contribution in [3.63, 3.8) is 0 Å². The van der Waals surface area contributed by atoms with E-state index in [0.29, 0.717) is 5.75 Å². The highest BCUT2D eigenvalue weighted by atomic mass is 79.9. The molecule has 4 heteroatoms. The van der Waals surface area contributed by atoms with Crippen molar-refractivity contribution in [2.45, 2.75) is 52.4 Å². The van der Waals surface area contributed by atoms with Gasteiger partial charge in [0.1, 0.15) is 5.75 Å². The molecule has 0 spiro atoms. The summed E-state index contributed by atoms with van der Waals surface area (Å²) in [6.45, 7) is 13.4. The standard InChI is InChI=1S/C20H26BBrO2/c1-19(2,3)15-7-13(8-16(11-15)20(4,5)6)14-9-17(22)12-18(10-14)24-21-23/h7-12,21,23H,1-6H3. The first-order valence-corrected chi connectivity index (χ1v) is 9.01. The van der Waals surface area contributed by atoms with Gasteiger partial charge in [-0.3, -0.25) is 0 Å². The average molecular weight is 389 g/mol. The van der Waals surface area contributed by atoms with Gasteiger partial charge < -0.3 is 9.68 Å². The molecule has 0 heterocycles. The normalized spacial score (nSPS) is 12.2. The van der Waals surface area contributed by atoms with Crippen molar-refractivity contribution in [2.24, 2.45) is 0 Å². The summed E-state index contributed by atoms with van der Waals surface area (Å²) in [4.78, 5) is 0. The van der Waals surface area contributed by atoms with Crippen LogP contribution in [0.3, 0.4) is 0 Å². The maximum absolute atomic E-state index is 9.04. The molecule has 2 rings (SSSR count). The zero-order valence-corrected chi connectivity index (χ0v) is 17.0. The van der Waals surface area contributed by atoms with Gasteiger partial charge in [0.15, 0.2) is 0 Å². The molecule has 0 saturated carbocycles. The maximum atomic E-state index is 9.04. The van der Waals surface area contributed by atoms with Crippen LogP contribution in [0.4, 0.5) is 0 Å². The lowest BCUT2D eigenvalue weighted by molar-refractivity contribution is 0.454. The van der Waals surface area contributed by atoms with Crippen LogP contribution in [0.15, 0.2) is 40.9 Å². The fraction of sp³-hybridized carbons (Fsp3) is 0.400. The summed E-state index contributed by atoms with van der Waals surface area (Å²) in [6, 6.07) is 12.7. The lowest BCUT2D eigenvalue weighted by atomic mass is 9.79. The Kier molecular flexibility index (Phi) is 5.51. The van der Waals surface area contributed by atoms with Crippen molar-refractivity contribution in [3.05, 3.63) is 52.0 Å². The molecule has 0 bridgehead atoms. The van der Waals surface area contributed by atoms with Crippen molar-refractivity contribution in [2.75, 3.05) is 0 Å². The maximum Gasteiger partial charge on any atom is 0.504 e. The molecule has 0 fully saturated rings. The molecule has 0 saturated heterocycles. The number of rotatable bonds is 3. The van der Waals surface area contributed by atoms with E-state index >= 15 is 0 Å². The van der Waals surface area contributed by atoms with E-state index in [4.69, 9.17) is 9.68 Å². The topological polar surface area (TPSA) is 29.5 Å². The van der Waals surface area contributed by atoms with Crippen LogP contribution >= 0.6 is 15.9 Å². The molecule has 128 valence electrons. The predicted molar refractivity (Wildman–Crippen MR) is 107 cm³/mol. The molecule has 2 aromatic carbocycles. The Morgan fingerprint density at radius 3 is 1.75 bits per heavy atom. The van der Waals surface area contributed by atoms with Gasteiger partial charge in [0.2, 0.25) is 0 Å². The summed E-state index contributed by atoms with van der Waals surface area (Å²) >= 11 is 3.53. The summed E-state index contributed by atoms with van der Waals surface area (Å²) in [7, 11) is -0.328. The molecule has 0 unspecified atom stereocenters. The molecule has 1 N–H and O–H groups in total. The monoisotopic (exact) mass is 388 g/mol. The second-order valence-corrected chi connectivity index (χ2v) is 9.16. The van der Waals surface area contributed by atoms with Gasteiger partial charge in [0, 0.05) is 4.47 Å². The third kappa shape index (κ3) is 4.64. The second kappa shape index (κ2) is 6.93. The number of hydrogen-bond acceptors (Lipinski definition) is 2. The van der Waals surface area contributed by atoms with Crippen LogP contribution in [0.25, 0.3) is 11.1 Å². The van der Waals surface area contributed by atoms with Gasteiger partial charge in [-0.2, -0.15) is 0 Å². The van der Waals surface area contributed by atoms with Crippen molar-refractivity contribution in [1.29, 1.82) is 0 Å². The molecule has 2 nitrogen and oxygen atoms in total. The third-order valence-electron chi connectivity index (χ3n) is 4.10. The summed E-state index contributed by atoms with van der Waals surface area (Å²) < 4.78 is 6.20. The van der Waals surface area contributed by atoms with Gasteiger partial charge in [-0.05, 0) is 51.3 Å². The molecular weight excluding hydrogens is 363 g/mol. The minimum atomic E-state index is -0.328. The van der Waals surface area contributed by atoms with E-state index in [1.54, 1.807) is 0 Å². The average Bonchev–Trinajstić information content (AvgIpc) is 2.44. The molecule has 0 aliphatic heterocycles. The molecule has 0 atom stereocenters. The largest absolute Gasteiger partial charge is 0.539 e. The molecule has 0 radical (unpaired) electrons. The van der Waals surface area contributed by atoms with Gasteiger partial charge in [-0.25, -0.2) is 0 Å². The van der Waals surface area contributed by atoms with Gasteiger partial charge in [0.25, 0.3) is 0 Å². The Morgan fingerprint density at radius 2 is 1.29 bits per heavy atom. The first-order valence-electron chi connectivity index (χ1n) is 8.21. The van der Waals surface area contributed by atoms with E-state index in [1.165, 1.54) is 11.1 Å².